The Morgan fingerprint density at radius 3 is 2.83 bits per heavy atom. The van der Waals surface area contributed by atoms with Crippen molar-refractivity contribution in [3.8, 4) is 23.2 Å². The van der Waals surface area contributed by atoms with E-state index in [2.05, 4.69) is 15.2 Å². The second-order valence-corrected chi connectivity index (χ2v) is 7.87. The first-order valence-electron chi connectivity index (χ1n) is 9.10. The van der Waals surface area contributed by atoms with Crippen molar-refractivity contribution in [3.05, 3.63) is 47.1 Å². The molecule has 4 rings (SSSR count). The first-order valence-corrected chi connectivity index (χ1v) is 10.3. The van der Waals surface area contributed by atoms with Gasteiger partial charge in [0, 0.05) is 18.4 Å². The number of hydrogen-bond acceptors (Lipinski definition) is 7. The molecule has 0 bridgehead atoms. The highest BCUT2D eigenvalue weighted by Crippen LogP contribution is 2.34. The number of aromatic nitrogens is 4. The summed E-state index contributed by atoms with van der Waals surface area (Å²) in [6, 6.07) is 11.3. The van der Waals surface area contributed by atoms with Gasteiger partial charge < -0.3 is 9.47 Å². The minimum Gasteiger partial charge on any atom is -0.497 e. The summed E-state index contributed by atoms with van der Waals surface area (Å²) in [6.07, 6.45) is 3.67. The van der Waals surface area contributed by atoms with Crippen LogP contribution in [-0.2, 0) is 11.3 Å². The van der Waals surface area contributed by atoms with Crippen LogP contribution >= 0.6 is 23.4 Å². The maximum Gasteiger partial charge on any atom is 0.197 e. The van der Waals surface area contributed by atoms with E-state index in [1.165, 1.54) is 18.0 Å². The highest BCUT2D eigenvalue weighted by atomic mass is 35.5. The molecule has 1 aromatic carbocycles. The lowest BCUT2D eigenvalue weighted by atomic mass is 10.2. The molecule has 1 aliphatic heterocycles. The van der Waals surface area contributed by atoms with Gasteiger partial charge in [-0.25, -0.2) is 4.98 Å². The Kier molecular flexibility index (Phi) is 6.00. The van der Waals surface area contributed by atoms with Gasteiger partial charge in [0.25, 0.3) is 0 Å². The van der Waals surface area contributed by atoms with Crippen molar-refractivity contribution in [1.82, 2.24) is 19.7 Å². The molecule has 0 amide bonds. The van der Waals surface area contributed by atoms with Gasteiger partial charge in [-0.05, 0) is 54.9 Å². The monoisotopic (exact) mass is 427 g/mol. The molecule has 148 valence electrons. The number of halogens is 1. The number of pyridine rings is 1. The van der Waals surface area contributed by atoms with Crippen LogP contribution in [0.3, 0.4) is 0 Å². The number of ether oxygens (including phenoxy) is 2. The summed E-state index contributed by atoms with van der Waals surface area (Å²) in [7, 11) is 1.64. The standard InChI is InChI=1S/C20H18ClN5O2S/c1-27-15-6-4-14(5-7-15)18-24-25-20(26(18)12-16-3-2-8-28-16)29-19-17(21)9-13(10-22)11-23-19/h4-7,9,11,16H,2-3,8,12H2,1H3. The van der Waals surface area contributed by atoms with E-state index in [0.717, 1.165) is 36.6 Å². The number of hydrogen-bond donors (Lipinski definition) is 0. The maximum atomic E-state index is 9.01. The number of methoxy groups -OCH3 is 1. The molecule has 0 radical (unpaired) electrons. The van der Waals surface area contributed by atoms with Gasteiger partial charge in [0.15, 0.2) is 11.0 Å². The fourth-order valence-corrected chi connectivity index (χ4v) is 4.19. The summed E-state index contributed by atoms with van der Waals surface area (Å²) in [5.41, 5.74) is 1.35. The Balaban J connectivity index is 1.69. The van der Waals surface area contributed by atoms with E-state index < -0.39 is 0 Å². The summed E-state index contributed by atoms with van der Waals surface area (Å²) in [4.78, 5) is 4.30. The number of benzene rings is 1. The third-order valence-corrected chi connectivity index (χ3v) is 6.00. The molecule has 1 aliphatic rings. The minimum atomic E-state index is 0.117. The molecule has 9 heteroatoms. The Bertz CT molecular complexity index is 1040. The number of nitriles is 1. The van der Waals surface area contributed by atoms with Crippen LogP contribution in [0.1, 0.15) is 18.4 Å². The van der Waals surface area contributed by atoms with Crippen LogP contribution in [0.2, 0.25) is 5.02 Å². The van der Waals surface area contributed by atoms with Crippen LogP contribution in [0.5, 0.6) is 5.75 Å². The third-order valence-electron chi connectivity index (χ3n) is 4.60. The van der Waals surface area contributed by atoms with E-state index in [1.54, 1.807) is 13.2 Å². The average Bonchev–Trinajstić information content (AvgIpc) is 3.40. The molecule has 0 N–H and O–H groups in total. The van der Waals surface area contributed by atoms with E-state index >= 15 is 0 Å². The highest BCUT2D eigenvalue weighted by Gasteiger charge is 2.23. The first-order chi connectivity index (χ1) is 14.2. The minimum absolute atomic E-state index is 0.117. The largest absolute Gasteiger partial charge is 0.497 e. The second-order valence-electron chi connectivity index (χ2n) is 6.51. The lowest BCUT2D eigenvalue weighted by Crippen LogP contribution is -2.16. The van der Waals surface area contributed by atoms with Crippen molar-refractivity contribution in [2.24, 2.45) is 0 Å². The molecule has 0 spiro atoms. The molecule has 2 aromatic heterocycles. The highest BCUT2D eigenvalue weighted by molar-refractivity contribution is 7.99. The molecule has 1 saturated heterocycles. The van der Waals surface area contributed by atoms with Gasteiger partial charge in [-0.15, -0.1) is 10.2 Å². The van der Waals surface area contributed by atoms with Gasteiger partial charge in [-0.3, -0.25) is 4.57 Å². The summed E-state index contributed by atoms with van der Waals surface area (Å²) >= 11 is 7.63. The van der Waals surface area contributed by atoms with E-state index in [4.69, 9.17) is 26.3 Å². The number of rotatable bonds is 6. The summed E-state index contributed by atoms with van der Waals surface area (Å²) < 4.78 is 13.1. The Morgan fingerprint density at radius 2 is 2.17 bits per heavy atom. The fraction of sp³-hybridized carbons (Fsp3) is 0.300. The Morgan fingerprint density at radius 1 is 1.34 bits per heavy atom. The summed E-state index contributed by atoms with van der Waals surface area (Å²) in [5.74, 6) is 1.53. The van der Waals surface area contributed by atoms with Crippen molar-refractivity contribution >= 4 is 23.4 Å². The predicted octanol–water partition coefficient (Wildman–Crippen LogP) is 4.20. The lowest BCUT2D eigenvalue weighted by Gasteiger charge is -2.15. The molecular weight excluding hydrogens is 410 g/mol. The Hall–Kier alpha value is -2.60. The van der Waals surface area contributed by atoms with Crippen LogP contribution in [0.15, 0.2) is 46.7 Å². The first kappa shape index (κ1) is 19.7. The molecule has 1 atom stereocenters. The molecular formula is C20H18ClN5O2S. The third kappa shape index (κ3) is 4.37. The number of nitrogens with zero attached hydrogens (tertiary/aromatic N) is 5. The summed E-state index contributed by atoms with van der Waals surface area (Å²) in [6.45, 7) is 1.42. The Labute approximate surface area is 177 Å². The quantitative estimate of drug-likeness (QED) is 0.582. The maximum absolute atomic E-state index is 9.01. The zero-order valence-electron chi connectivity index (χ0n) is 15.7. The van der Waals surface area contributed by atoms with E-state index in [0.29, 0.717) is 27.3 Å². The molecule has 3 aromatic rings. The zero-order valence-corrected chi connectivity index (χ0v) is 17.3. The van der Waals surface area contributed by atoms with E-state index in [9.17, 15) is 0 Å². The van der Waals surface area contributed by atoms with Crippen molar-refractivity contribution in [3.63, 3.8) is 0 Å². The fourth-order valence-electron chi connectivity index (χ4n) is 3.12. The van der Waals surface area contributed by atoms with Crippen LogP contribution in [0, 0.1) is 11.3 Å². The van der Waals surface area contributed by atoms with Gasteiger partial charge in [-0.1, -0.05) is 11.6 Å². The van der Waals surface area contributed by atoms with Gasteiger partial charge >= 0.3 is 0 Å². The topological polar surface area (TPSA) is 85.9 Å². The molecule has 3 heterocycles. The van der Waals surface area contributed by atoms with Crippen molar-refractivity contribution in [2.45, 2.75) is 35.7 Å². The van der Waals surface area contributed by atoms with Crippen LogP contribution < -0.4 is 4.74 Å². The van der Waals surface area contributed by atoms with Crippen LogP contribution in [0.4, 0.5) is 0 Å². The summed E-state index contributed by atoms with van der Waals surface area (Å²) in [5, 5.41) is 19.5. The van der Waals surface area contributed by atoms with Gasteiger partial charge in [0.2, 0.25) is 0 Å². The molecule has 1 unspecified atom stereocenters. The van der Waals surface area contributed by atoms with Crippen molar-refractivity contribution < 1.29 is 9.47 Å². The smallest absolute Gasteiger partial charge is 0.197 e. The second kappa shape index (κ2) is 8.82. The molecule has 7 nitrogen and oxygen atoms in total. The predicted molar refractivity (Wildman–Crippen MR) is 109 cm³/mol. The molecule has 0 saturated carbocycles. The van der Waals surface area contributed by atoms with E-state index in [1.807, 2.05) is 34.9 Å². The van der Waals surface area contributed by atoms with Gasteiger partial charge in [-0.2, -0.15) is 5.26 Å². The van der Waals surface area contributed by atoms with Gasteiger partial charge in [0.05, 0.1) is 30.3 Å². The van der Waals surface area contributed by atoms with Crippen molar-refractivity contribution in [2.75, 3.05) is 13.7 Å². The molecule has 0 aliphatic carbocycles. The molecule has 1 fully saturated rings. The van der Waals surface area contributed by atoms with Gasteiger partial charge in [0.1, 0.15) is 16.8 Å². The average molecular weight is 428 g/mol. The lowest BCUT2D eigenvalue weighted by molar-refractivity contribution is 0.0953. The SMILES string of the molecule is COc1ccc(-c2nnc(Sc3ncc(C#N)cc3Cl)n2CC2CCCO2)cc1. The zero-order chi connectivity index (χ0) is 20.2. The van der Waals surface area contributed by atoms with E-state index in [-0.39, 0.29) is 6.10 Å². The normalized spacial score (nSPS) is 16.0. The molecule has 29 heavy (non-hydrogen) atoms. The van der Waals surface area contributed by atoms with Crippen molar-refractivity contribution in [1.29, 1.82) is 5.26 Å². The van der Waals surface area contributed by atoms with Crippen LogP contribution in [-0.4, -0.2) is 39.6 Å². The van der Waals surface area contributed by atoms with Crippen LogP contribution in [0.25, 0.3) is 11.4 Å².